The highest BCUT2D eigenvalue weighted by atomic mass is 16.8. The lowest BCUT2D eigenvalue weighted by molar-refractivity contribution is -0.209. The van der Waals surface area contributed by atoms with Crippen LogP contribution in [0.4, 0.5) is 0 Å². The maximum absolute atomic E-state index is 12.1. The lowest BCUT2D eigenvalue weighted by atomic mass is 10.0. The summed E-state index contributed by atoms with van der Waals surface area (Å²) in [6.45, 7) is 18.9. The van der Waals surface area contributed by atoms with E-state index < -0.39 is 102 Å². The first-order chi connectivity index (χ1) is 44.0. The van der Waals surface area contributed by atoms with E-state index in [1.807, 2.05) is 20.8 Å². The molecule has 4 N–H and O–H groups in total. The van der Waals surface area contributed by atoms with Gasteiger partial charge in [-0.2, -0.15) is 0 Å². The fourth-order valence-electron chi connectivity index (χ4n) is 9.29. The first-order valence-corrected chi connectivity index (χ1v) is 31.6. The van der Waals surface area contributed by atoms with Crippen molar-refractivity contribution >= 4 is 58.8 Å². The van der Waals surface area contributed by atoms with Crippen LogP contribution in [0.1, 0.15) is 179 Å². The molecule has 6 aliphatic rings. The molecule has 13 unspecified atom stereocenters. The molecule has 0 bridgehead atoms. The fraction of sp³-hybridized carbons (Fsp3) is 0.841. The van der Waals surface area contributed by atoms with Crippen molar-refractivity contribution in [3.05, 3.63) is 0 Å². The van der Waals surface area contributed by atoms with E-state index in [1.54, 1.807) is 27.7 Å². The van der Waals surface area contributed by atoms with Crippen LogP contribution in [-0.4, -0.2) is 243 Å². The van der Waals surface area contributed by atoms with Gasteiger partial charge in [-0.05, 0) is 95.4 Å². The third-order valence-electron chi connectivity index (χ3n) is 15.0. The Morgan fingerprint density at radius 2 is 0.713 bits per heavy atom. The average Bonchev–Trinajstić information content (AvgIpc) is 1.79. The monoisotopic (exact) mass is 1350 g/mol. The fourth-order valence-corrected chi connectivity index (χ4v) is 9.29. The molecule has 0 radical (unpaired) electrons. The zero-order valence-corrected chi connectivity index (χ0v) is 56.4. The molecule has 31 nitrogen and oxygen atoms in total. The van der Waals surface area contributed by atoms with Gasteiger partial charge in [0.1, 0.15) is 80.3 Å². The van der Waals surface area contributed by atoms with Crippen molar-refractivity contribution in [1.82, 2.24) is 0 Å². The van der Waals surface area contributed by atoms with Crippen LogP contribution < -0.4 is 0 Å². The number of rotatable bonds is 36. The number of Topliss-reactive ketones (excluding diaryl/α,β-unsaturated/α-hetero) is 5. The third-order valence-corrected chi connectivity index (χ3v) is 15.0. The van der Waals surface area contributed by atoms with Crippen molar-refractivity contribution in [2.75, 3.05) is 85.9 Å². The molecule has 0 aromatic heterocycles. The maximum Gasteiger partial charge on any atom is 0.308 e. The van der Waals surface area contributed by atoms with Crippen LogP contribution in [0, 0.1) is 0 Å². The molecular weight excluding hydrogens is 1250 g/mol. The van der Waals surface area contributed by atoms with E-state index in [0.717, 1.165) is 0 Å². The number of carbonyl (C=O) groups excluding carboxylic acids is 10. The maximum atomic E-state index is 12.1. The summed E-state index contributed by atoms with van der Waals surface area (Å²) in [5, 5.41) is 35.5. The molecule has 6 aliphatic heterocycles. The highest BCUT2D eigenvalue weighted by molar-refractivity contribution is 5.81. The van der Waals surface area contributed by atoms with Gasteiger partial charge < -0.3 is 125 Å². The van der Waals surface area contributed by atoms with Gasteiger partial charge in [0.2, 0.25) is 6.29 Å². The summed E-state index contributed by atoms with van der Waals surface area (Å²) >= 11 is 0. The van der Waals surface area contributed by atoms with Crippen LogP contribution in [-0.2, 0) is 128 Å². The second kappa shape index (κ2) is 40.7. The van der Waals surface area contributed by atoms with E-state index in [9.17, 15) is 47.9 Å². The summed E-state index contributed by atoms with van der Waals surface area (Å²) in [6, 6.07) is 0. The average molecular weight is 1360 g/mol. The Kier molecular flexibility index (Phi) is 36.1. The number of ketones is 5. The van der Waals surface area contributed by atoms with Gasteiger partial charge in [-0.15, -0.1) is 0 Å². The SMILES string of the molecule is CC(=O)CCC(=O)OC1COC(C)(CCC(=O)OCC2OCC(C)(CCC(C)=O)O2)O1.CC(=O)CCC(=O)OCC1OCC(C)(CCC(C)=O)O1.CC(=O)CCC1(C)COC(COC(=O)CCC2(C)OCC(CO)O2)O1.CC1(CCC(=O)OCC(O)CO)OCC(CO)O1. The first-order valence-electron chi connectivity index (χ1n) is 31.6. The standard InChI is InChI=1S/C21H32O10.C17H28O8.C14H22O6.C11H20O7/c1-14(22)5-6-17(25)29-19-12-28-21(4,31-19)10-8-16(24)26-11-18-27-13-20(3,30-18)9-7-15(2)23;1-12(19)4-6-16(2)11-22-15(25-16)10-21-14(20)5-7-17(3)23-9-13(8-18)24-17;1-10(15)4-5-12(17)18-8-13-19-9-14(3,20-13)7-6-11(2)16;1-11(17-7-9(5-13)18-11)3-2-10(15)16-6-8(14)4-12/h18-19H,5-13H2,1-4H3;13,15,18H,4-11H2,1-3H3;13H,4-9H2,1-3H3;8-9,12-14H,2-7H2,1H3. The molecule has 13 atom stereocenters. The van der Waals surface area contributed by atoms with Crippen molar-refractivity contribution in [2.24, 2.45) is 0 Å². The van der Waals surface area contributed by atoms with Gasteiger partial charge in [0.05, 0.1) is 102 Å². The molecule has 0 spiro atoms. The number of aliphatic hydroxyl groups is 4. The highest BCUT2D eigenvalue weighted by Gasteiger charge is 2.43. The predicted octanol–water partition coefficient (Wildman–Crippen LogP) is 2.93. The summed E-state index contributed by atoms with van der Waals surface area (Å²) < 4.78 is 91.7. The number of ether oxygens (including phenoxy) is 17. The summed E-state index contributed by atoms with van der Waals surface area (Å²) in [7, 11) is 0. The van der Waals surface area contributed by atoms with Crippen LogP contribution in [0.25, 0.3) is 0 Å². The van der Waals surface area contributed by atoms with Crippen LogP contribution in [0.2, 0.25) is 0 Å². The number of esters is 5. The van der Waals surface area contributed by atoms with Gasteiger partial charge in [-0.1, -0.05) is 0 Å². The third kappa shape index (κ3) is 34.3. The number of carbonyl (C=O) groups is 10. The Morgan fingerprint density at radius 3 is 1.04 bits per heavy atom. The molecule has 0 aromatic carbocycles. The molecular formula is C63H102O31. The second-order valence-corrected chi connectivity index (χ2v) is 25.2. The minimum absolute atomic E-state index is 0.00614. The molecule has 540 valence electrons. The lowest BCUT2D eigenvalue weighted by Gasteiger charge is -2.23. The number of hydrogen-bond donors (Lipinski definition) is 4. The minimum atomic E-state index is -1.09. The zero-order chi connectivity index (χ0) is 70.3. The topological polar surface area (TPSA) is 409 Å². The lowest BCUT2D eigenvalue weighted by Crippen LogP contribution is -2.31. The molecule has 94 heavy (non-hydrogen) atoms. The molecule has 0 amide bonds. The minimum Gasteiger partial charge on any atom is -0.463 e. The van der Waals surface area contributed by atoms with Crippen molar-refractivity contribution in [2.45, 2.75) is 257 Å². The smallest absolute Gasteiger partial charge is 0.308 e. The molecule has 6 fully saturated rings. The molecule has 0 aliphatic carbocycles. The quantitative estimate of drug-likeness (QED) is 0.0517. The Morgan fingerprint density at radius 1 is 0.394 bits per heavy atom. The van der Waals surface area contributed by atoms with E-state index in [4.69, 9.17) is 101 Å². The number of hydrogen-bond acceptors (Lipinski definition) is 31. The largest absolute Gasteiger partial charge is 0.463 e. The molecule has 0 saturated carbocycles. The Hall–Kier alpha value is -4.94. The van der Waals surface area contributed by atoms with E-state index in [1.165, 1.54) is 27.7 Å². The van der Waals surface area contributed by atoms with Crippen molar-refractivity contribution in [3.63, 3.8) is 0 Å². The van der Waals surface area contributed by atoms with Crippen LogP contribution in [0.15, 0.2) is 0 Å². The first kappa shape index (κ1) is 83.3. The summed E-state index contributed by atoms with van der Waals surface area (Å²) in [4.78, 5) is 113. The summed E-state index contributed by atoms with van der Waals surface area (Å²) in [5.74, 6) is -5.06. The Labute approximate surface area is 548 Å². The zero-order valence-electron chi connectivity index (χ0n) is 56.4. The molecule has 6 heterocycles. The highest BCUT2D eigenvalue weighted by Crippen LogP contribution is 2.34. The molecule has 0 aromatic rings. The van der Waals surface area contributed by atoms with Gasteiger partial charge in [-0.25, -0.2) is 0 Å². The van der Waals surface area contributed by atoms with Gasteiger partial charge in [0, 0.05) is 51.4 Å². The Balaban J connectivity index is 0.000000334. The summed E-state index contributed by atoms with van der Waals surface area (Å²) in [5.41, 5.74) is -1.61. The van der Waals surface area contributed by atoms with Gasteiger partial charge in [0.15, 0.2) is 36.2 Å². The van der Waals surface area contributed by atoms with Crippen LogP contribution >= 0.6 is 0 Å². The van der Waals surface area contributed by atoms with Crippen LogP contribution in [0.3, 0.4) is 0 Å². The summed E-state index contributed by atoms with van der Waals surface area (Å²) in [6.07, 6.45) is -0.151. The predicted molar refractivity (Wildman–Crippen MR) is 320 cm³/mol. The van der Waals surface area contributed by atoms with Gasteiger partial charge in [-0.3, -0.25) is 24.0 Å². The second-order valence-electron chi connectivity index (χ2n) is 25.2. The van der Waals surface area contributed by atoms with Crippen LogP contribution in [0.5, 0.6) is 0 Å². The van der Waals surface area contributed by atoms with E-state index in [2.05, 4.69) is 0 Å². The molecule has 31 heteroatoms. The van der Waals surface area contributed by atoms with Gasteiger partial charge in [0.25, 0.3) is 0 Å². The van der Waals surface area contributed by atoms with E-state index in [-0.39, 0.29) is 139 Å². The van der Waals surface area contributed by atoms with Crippen molar-refractivity contribution in [3.8, 4) is 0 Å². The van der Waals surface area contributed by atoms with Gasteiger partial charge >= 0.3 is 29.8 Å². The molecule has 6 rings (SSSR count). The van der Waals surface area contributed by atoms with Crippen molar-refractivity contribution in [1.29, 1.82) is 0 Å². The normalized spacial score (nSPS) is 30.3. The van der Waals surface area contributed by atoms with Crippen molar-refractivity contribution < 1.29 is 149 Å². The molecule has 6 saturated heterocycles. The van der Waals surface area contributed by atoms with E-state index in [0.29, 0.717) is 84.4 Å². The number of aliphatic hydroxyl groups excluding tert-OH is 4. The Bertz CT molecular complexity index is 2440. The van der Waals surface area contributed by atoms with E-state index >= 15 is 0 Å².